The van der Waals surface area contributed by atoms with Gasteiger partial charge in [0.15, 0.2) is 9.84 Å². The monoisotopic (exact) mass is 323 g/mol. The van der Waals surface area contributed by atoms with E-state index in [1.165, 1.54) is 12.1 Å². The standard InChI is InChI=1S/C14H13NO6S/c16-12(8-9-4-3-7-22(9,19)20)21-15-13(17)10-5-1-2-6-11(10)14(15)18/h1-2,5-6,9H,3-4,7-8H2. The van der Waals surface area contributed by atoms with Crippen molar-refractivity contribution in [2.24, 2.45) is 0 Å². The minimum Gasteiger partial charge on any atom is -0.330 e. The van der Waals surface area contributed by atoms with Crippen molar-refractivity contribution in [3.05, 3.63) is 35.4 Å². The average molecular weight is 323 g/mol. The van der Waals surface area contributed by atoms with Crippen LogP contribution in [0, 0.1) is 0 Å². The molecule has 0 N–H and O–H groups in total. The summed E-state index contributed by atoms with van der Waals surface area (Å²) in [5.74, 6) is -2.28. The molecule has 116 valence electrons. The topological polar surface area (TPSA) is 97.8 Å². The summed E-state index contributed by atoms with van der Waals surface area (Å²) in [6.45, 7) is 0. The summed E-state index contributed by atoms with van der Waals surface area (Å²) in [5, 5.41) is -0.399. The molecule has 2 amide bonds. The fraction of sp³-hybridized carbons (Fsp3) is 0.357. The van der Waals surface area contributed by atoms with E-state index in [0.29, 0.717) is 17.9 Å². The summed E-state index contributed by atoms with van der Waals surface area (Å²) in [6, 6.07) is 6.12. The number of carbonyl (C=O) groups excluding carboxylic acids is 3. The summed E-state index contributed by atoms with van der Waals surface area (Å²) < 4.78 is 23.4. The van der Waals surface area contributed by atoms with Crippen molar-refractivity contribution < 1.29 is 27.6 Å². The van der Waals surface area contributed by atoms with Gasteiger partial charge in [-0.3, -0.25) is 9.59 Å². The molecule has 1 saturated heterocycles. The van der Waals surface area contributed by atoms with Gasteiger partial charge in [-0.05, 0) is 25.0 Å². The van der Waals surface area contributed by atoms with Crippen molar-refractivity contribution in [3.63, 3.8) is 0 Å². The molecule has 7 nitrogen and oxygen atoms in total. The van der Waals surface area contributed by atoms with Crippen LogP contribution in [0.15, 0.2) is 24.3 Å². The van der Waals surface area contributed by atoms with Gasteiger partial charge in [0.05, 0.1) is 28.6 Å². The van der Waals surface area contributed by atoms with Gasteiger partial charge in [0, 0.05) is 0 Å². The molecule has 1 unspecified atom stereocenters. The molecule has 0 bridgehead atoms. The van der Waals surface area contributed by atoms with Crippen LogP contribution >= 0.6 is 0 Å². The predicted molar refractivity (Wildman–Crippen MR) is 74.5 cm³/mol. The molecule has 1 aromatic carbocycles. The first-order valence-electron chi connectivity index (χ1n) is 6.80. The van der Waals surface area contributed by atoms with Crippen molar-refractivity contribution in [3.8, 4) is 0 Å². The molecule has 1 atom stereocenters. The molecule has 0 spiro atoms. The van der Waals surface area contributed by atoms with Gasteiger partial charge >= 0.3 is 5.97 Å². The zero-order valence-electron chi connectivity index (χ0n) is 11.5. The first-order valence-corrected chi connectivity index (χ1v) is 8.52. The maximum absolute atomic E-state index is 12.0. The van der Waals surface area contributed by atoms with E-state index in [0.717, 1.165) is 0 Å². The fourth-order valence-electron chi connectivity index (χ4n) is 2.66. The zero-order chi connectivity index (χ0) is 15.9. The number of nitrogens with zero attached hydrogens (tertiary/aromatic N) is 1. The highest BCUT2D eigenvalue weighted by atomic mass is 32.2. The number of hydrogen-bond acceptors (Lipinski definition) is 6. The van der Waals surface area contributed by atoms with Crippen LogP contribution in [0.4, 0.5) is 0 Å². The van der Waals surface area contributed by atoms with Gasteiger partial charge in [-0.25, -0.2) is 13.2 Å². The second-order valence-electron chi connectivity index (χ2n) is 5.25. The summed E-state index contributed by atoms with van der Waals surface area (Å²) in [5.41, 5.74) is 0.322. The van der Waals surface area contributed by atoms with E-state index in [1.807, 2.05) is 0 Å². The smallest absolute Gasteiger partial charge is 0.330 e. The quantitative estimate of drug-likeness (QED) is 0.760. The van der Waals surface area contributed by atoms with Crippen LogP contribution < -0.4 is 0 Å². The second kappa shape index (κ2) is 5.20. The lowest BCUT2D eigenvalue weighted by Gasteiger charge is -2.14. The van der Waals surface area contributed by atoms with E-state index in [1.54, 1.807) is 12.1 Å². The van der Waals surface area contributed by atoms with Crippen molar-refractivity contribution in [1.82, 2.24) is 5.06 Å². The predicted octanol–water partition coefficient (Wildman–Crippen LogP) is 0.708. The Balaban J connectivity index is 1.71. The third-order valence-electron chi connectivity index (χ3n) is 3.81. The SMILES string of the molecule is O=C(CC1CCCS1(=O)=O)ON1C(=O)c2ccccc2C1=O. The van der Waals surface area contributed by atoms with Gasteiger partial charge < -0.3 is 4.84 Å². The van der Waals surface area contributed by atoms with E-state index in [-0.39, 0.29) is 23.3 Å². The summed E-state index contributed by atoms with van der Waals surface area (Å²) in [6.07, 6.45) is 0.544. The molecule has 1 aromatic rings. The van der Waals surface area contributed by atoms with Gasteiger partial charge in [-0.2, -0.15) is 0 Å². The van der Waals surface area contributed by atoms with Gasteiger partial charge in [-0.1, -0.05) is 17.2 Å². The highest BCUT2D eigenvalue weighted by Gasteiger charge is 2.40. The van der Waals surface area contributed by atoms with Crippen LogP contribution in [-0.4, -0.2) is 42.3 Å². The molecule has 0 aliphatic carbocycles. The van der Waals surface area contributed by atoms with Crippen molar-refractivity contribution >= 4 is 27.6 Å². The number of rotatable bonds is 3. The average Bonchev–Trinajstić information content (AvgIpc) is 2.92. The Hall–Kier alpha value is -2.22. The molecule has 3 rings (SSSR count). The minimum absolute atomic E-state index is 0.0535. The van der Waals surface area contributed by atoms with Crippen molar-refractivity contribution in [2.75, 3.05) is 5.75 Å². The molecule has 2 aliphatic heterocycles. The highest BCUT2D eigenvalue weighted by Crippen LogP contribution is 2.25. The Kier molecular flexibility index (Phi) is 3.48. The Morgan fingerprint density at radius 3 is 2.27 bits per heavy atom. The first-order chi connectivity index (χ1) is 10.4. The Morgan fingerprint density at radius 1 is 1.18 bits per heavy atom. The lowest BCUT2D eigenvalue weighted by Crippen LogP contribution is -2.34. The van der Waals surface area contributed by atoms with Crippen LogP contribution in [0.2, 0.25) is 0 Å². The van der Waals surface area contributed by atoms with Crippen molar-refractivity contribution in [2.45, 2.75) is 24.5 Å². The van der Waals surface area contributed by atoms with E-state index in [4.69, 9.17) is 4.84 Å². The van der Waals surface area contributed by atoms with Crippen LogP contribution in [-0.2, 0) is 19.5 Å². The van der Waals surface area contributed by atoms with Crippen LogP contribution in [0.25, 0.3) is 0 Å². The number of benzene rings is 1. The van der Waals surface area contributed by atoms with E-state index in [2.05, 4.69) is 0 Å². The molecule has 8 heteroatoms. The van der Waals surface area contributed by atoms with Gasteiger partial charge in [0.25, 0.3) is 11.8 Å². The fourth-order valence-corrected chi connectivity index (χ4v) is 4.48. The van der Waals surface area contributed by atoms with E-state index in [9.17, 15) is 22.8 Å². The van der Waals surface area contributed by atoms with Crippen LogP contribution in [0.3, 0.4) is 0 Å². The number of fused-ring (bicyclic) bond motifs is 1. The Bertz CT molecular complexity index is 734. The normalized spacial score (nSPS) is 22.7. The largest absolute Gasteiger partial charge is 0.334 e. The number of sulfone groups is 1. The number of carbonyl (C=O) groups is 3. The Labute approximate surface area is 126 Å². The summed E-state index contributed by atoms with van der Waals surface area (Å²) in [4.78, 5) is 40.7. The lowest BCUT2D eigenvalue weighted by atomic mass is 10.1. The van der Waals surface area contributed by atoms with Gasteiger partial charge in [0.1, 0.15) is 0 Å². The zero-order valence-corrected chi connectivity index (χ0v) is 12.3. The van der Waals surface area contributed by atoms with Crippen molar-refractivity contribution in [1.29, 1.82) is 0 Å². The third kappa shape index (κ3) is 2.39. The molecule has 22 heavy (non-hydrogen) atoms. The molecule has 0 radical (unpaired) electrons. The van der Waals surface area contributed by atoms with Gasteiger partial charge in [-0.15, -0.1) is 0 Å². The minimum atomic E-state index is -3.29. The number of hydroxylamine groups is 2. The highest BCUT2D eigenvalue weighted by molar-refractivity contribution is 7.92. The summed E-state index contributed by atoms with van der Waals surface area (Å²) in [7, 11) is -3.29. The number of hydrogen-bond donors (Lipinski definition) is 0. The maximum atomic E-state index is 12.0. The molecule has 2 aliphatic rings. The van der Waals surface area contributed by atoms with E-state index < -0.39 is 32.9 Å². The third-order valence-corrected chi connectivity index (χ3v) is 6.08. The van der Waals surface area contributed by atoms with E-state index >= 15 is 0 Å². The molecule has 2 heterocycles. The first kappa shape index (κ1) is 14.7. The van der Waals surface area contributed by atoms with Gasteiger partial charge in [0.2, 0.25) is 0 Å². The molecular weight excluding hydrogens is 310 g/mol. The Morgan fingerprint density at radius 2 is 1.77 bits per heavy atom. The van der Waals surface area contributed by atoms with Crippen LogP contribution in [0.1, 0.15) is 40.0 Å². The molecular formula is C14H13NO6S. The maximum Gasteiger partial charge on any atom is 0.334 e. The number of imide groups is 1. The molecule has 1 fully saturated rings. The molecule has 0 saturated carbocycles. The van der Waals surface area contributed by atoms with Crippen LogP contribution in [0.5, 0.6) is 0 Å². The molecule has 0 aromatic heterocycles. The second-order valence-corrected chi connectivity index (χ2v) is 7.65. The lowest BCUT2D eigenvalue weighted by molar-refractivity contribution is -0.168. The summed E-state index contributed by atoms with van der Waals surface area (Å²) >= 11 is 0. The number of amides is 2.